The van der Waals surface area contributed by atoms with Crippen LogP contribution in [0, 0.1) is 5.92 Å². The van der Waals surface area contributed by atoms with Crippen LogP contribution in [-0.2, 0) is 11.3 Å². The van der Waals surface area contributed by atoms with Crippen molar-refractivity contribution >= 4 is 5.91 Å². The molecule has 2 N–H and O–H groups in total. The van der Waals surface area contributed by atoms with Gasteiger partial charge >= 0.3 is 0 Å². The summed E-state index contributed by atoms with van der Waals surface area (Å²) in [4.78, 5) is 14.1. The fraction of sp³-hybridized carbons (Fsp3) is 0.588. The molecule has 0 aromatic heterocycles. The van der Waals surface area contributed by atoms with Crippen LogP contribution in [0.15, 0.2) is 24.3 Å². The molecule has 1 atom stereocenters. The van der Waals surface area contributed by atoms with Gasteiger partial charge in [-0.2, -0.15) is 0 Å². The highest BCUT2D eigenvalue weighted by Crippen LogP contribution is 2.16. The highest BCUT2D eigenvalue weighted by Gasteiger charge is 2.19. The Morgan fingerprint density at radius 1 is 1.25 bits per heavy atom. The molecule has 0 fully saturated rings. The number of benzene rings is 1. The molecule has 0 radical (unpaired) electrons. The highest BCUT2D eigenvalue weighted by atomic mass is 16.2. The van der Waals surface area contributed by atoms with Gasteiger partial charge in [0.2, 0.25) is 5.91 Å². The number of hydrogen-bond donors (Lipinski definition) is 1. The first kappa shape index (κ1) is 16.7. The monoisotopic (exact) mass is 276 g/mol. The molecule has 0 aliphatic heterocycles. The molecule has 1 aromatic rings. The summed E-state index contributed by atoms with van der Waals surface area (Å²) in [7, 11) is 1.86. The molecule has 3 nitrogen and oxygen atoms in total. The topological polar surface area (TPSA) is 46.3 Å². The number of nitrogens with zero attached hydrogens (tertiary/aromatic N) is 1. The Bertz CT molecular complexity index is 412. The van der Waals surface area contributed by atoms with E-state index >= 15 is 0 Å². The van der Waals surface area contributed by atoms with Crippen molar-refractivity contribution in [1.29, 1.82) is 0 Å². The summed E-state index contributed by atoms with van der Waals surface area (Å²) in [6.07, 6.45) is 1.86. The first-order chi connectivity index (χ1) is 9.49. The first-order valence-corrected chi connectivity index (χ1v) is 7.53. The van der Waals surface area contributed by atoms with Crippen molar-refractivity contribution in [3.8, 4) is 0 Å². The summed E-state index contributed by atoms with van der Waals surface area (Å²) < 4.78 is 0. The van der Waals surface area contributed by atoms with Crippen LogP contribution in [0.3, 0.4) is 0 Å². The van der Waals surface area contributed by atoms with Crippen LogP contribution >= 0.6 is 0 Å². The normalized spacial score (nSPS) is 12.5. The van der Waals surface area contributed by atoms with Gasteiger partial charge in [0.15, 0.2) is 0 Å². The predicted octanol–water partition coefficient (Wildman–Crippen LogP) is 3.14. The molecular weight excluding hydrogens is 248 g/mol. The van der Waals surface area contributed by atoms with Crippen molar-refractivity contribution in [1.82, 2.24) is 4.90 Å². The lowest BCUT2D eigenvalue weighted by atomic mass is 10.0. The van der Waals surface area contributed by atoms with Gasteiger partial charge in [-0.25, -0.2) is 0 Å². The van der Waals surface area contributed by atoms with Crippen LogP contribution in [0.25, 0.3) is 0 Å². The minimum Gasteiger partial charge on any atom is -0.341 e. The minimum absolute atomic E-state index is 0.0417. The molecular formula is C17H28N2O. The van der Waals surface area contributed by atoms with E-state index in [1.807, 2.05) is 7.05 Å². The van der Waals surface area contributed by atoms with E-state index in [0.717, 1.165) is 18.4 Å². The Kier molecular flexibility index (Phi) is 6.73. The summed E-state index contributed by atoms with van der Waals surface area (Å²) in [5.41, 5.74) is 8.19. The number of carbonyl (C=O) groups is 1. The van der Waals surface area contributed by atoms with Crippen molar-refractivity contribution in [2.75, 3.05) is 13.6 Å². The second-order valence-corrected chi connectivity index (χ2v) is 5.81. The second kappa shape index (κ2) is 8.05. The number of rotatable bonds is 7. The van der Waals surface area contributed by atoms with Gasteiger partial charge in [0.05, 0.1) is 5.92 Å². The zero-order valence-corrected chi connectivity index (χ0v) is 13.2. The molecule has 0 saturated carbocycles. The lowest BCUT2D eigenvalue weighted by molar-refractivity contribution is -0.134. The molecule has 0 aliphatic rings. The molecule has 1 rings (SSSR count). The highest BCUT2D eigenvalue weighted by molar-refractivity contribution is 5.78. The van der Waals surface area contributed by atoms with Crippen molar-refractivity contribution in [2.24, 2.45) is 11.7 Å². The quantitative estimate of drug-likeness (QED) is 0.831. The number of nitrogens with two attached hydrogens (primary N) is 1. The molecule has 0 heterocycles. The number of hydrogen-bond acceptors (Lipinski definition) is 2. The molecule has 3 heteroatoms. The van der Waals surface area contributed by atoms with E-state index in [9.17, 15) is 4.79 Å². The maximum atomic E-state index is 12.3. The largest absolute Gasteiger partial charge is 0.341 e. The Hall–Kier alpha value is -1.35. The van der Waals surface area contributed by atoms with E-state index in [1.54, 1.807) is 4.90 Å². The second-order valence-electron chi connectivity index (χ2n) is 5.81. The van der Waals surface area contributed by atoms with Crippen LogP contribution in [0.2, 0.25) is 0 Å². The summed E-state index contributed by atoms with van der Waals surface area (Å²) in [5, 5.41) is 0. The van der Waals surface area contributed by atoms with E-state index in [0.29, 0.717) is 19.0 Å². The summed E-state index contributed by atoms with van der Waals surface area (Å²) in [6.45, 7) is 7.53. The molecule has 20 heavy (non-hydrogen) atoms. The minimum atomic E-state index is -0.0417. The van der Waals surface area contributed by atoms with Crippen molar-refractivity contribution < 1.29 is 4.79 Å². The molecule has 1 aromatic carbocycles. The zero-order valence-electron chi connectivity index (χ0n) is 13.2. The maximum Gasteiger partial charge on any atom is 0.226 e. The van der Waals surface area contributed by atoms with E-state index < -0.39 is 0 Å². The molecule has 112 valence electrons. The summed E-state index contributed by atoms with van der Waals surface area (Å²) >= 11 is 0. The Morgan fingerprint density at radius 2 is 1.85 bits per heavy atom. The van der Waals surface area contributed by atoms with E-state index in [4.69, 9.17) is 5.73 Å². The van der Waals surface area contributed by atoms with Crippen molar-refractivity contribution in [2.45, 2.75) is 46.1 Å². The van der Waals surface area contributed by atoms with Gasteiger partial charge in [0, 0.05) is 20.1 Å². The van der Waals surface area contributed by atoms with Crippen molar-refractivity contribution in [3.63, 3.8) is 0 Å². The van der Waals surface area contributed by atoms with Gasteiger partial charge < -0.3 is 10.6 Å². The molecule has 0 saturated heterocycles. The van der Waals surface area contributed by atoms with Gasteiger partial charge in [-0.15, -0.1) is 0 Å². The fourth-order valence-electron chi connectivity index (χ4n) is 2.36. The molecule has 0 spiro atoms. The van der Waals surface area contributed by atoms with Crippen LogP contribution in [-0.4, -0.2) is 24.4 Å². The smallest absolute Gasteiger partial charge is 0.226 e. The fourth-order valence-corrected chi connectivity index (χ4v) is 2.36. The predicted molar refractivity (Wildman–Crippen MR) is 84.5 cm³/mol. The van der Waals surface area contributed by atoms with Gasteiger partial charge in [-0.1, -0.05) is 51.5 Å². The zero-order chi connectivity index (χ0) is 15.1. The standard InChI is InChI=1S/C17H28N2O/c1-5-6-16(11-18)17(20)19(4)12-14-7-9-15(10-8-14)13(2)3/h7-10,13,16H,5-6,11-12,18H2,1-4H3. The van der Waals surface area contributed by atoms with E-state index in [2.05, 4.69) is 45.0 Å². The van der Waals surface area contributed by atoms with Crippen LogP contribution in [0.4, 0.5) is 0 Å². The van der Waals surface area contributed by atoms with Crippen LogP contribution in [0.1, 0.15) is 50.7 Å². The maximum absolute atomic E-state index is 12.3. The third-order valence-electron chi connectivity index (χ3n) is 3.71. The lowest BCUT2D eigenvalue weighted by Gasteiger charge is -2.23. The van der Waals surface area contributed by atoms with Crippen LogP contribution in [0.5, 0.6) is 0 Å². The molecule has 0 aliphatic carbocycles. The first-order valence-electron chi connectivity index (χ1n) is 7.53. The Morgan fingerprint density at radius 3 is 2.30 bits per heavy atom. The Labute approximate surface area is 123 Å². The molecule has 1 amide bonds. The third-order valence-corrected chi connectivity index (χ3v) is 3.71. The average Bonchev–Trinajstić information content (AvgIpc) is 2.44. The average molecular weight is 276 g/mol. The lowest BCUT2D eigenvalue weighted by Crippen LogP contribution is -2.36. The van der Waals surface area contributed by atoms with E-state index in [1.165, 1.54) is 5.56 Å². The van der Waals surface area contributed by atoms with E-state index in [-0.39, 0.29) is 11.8 Å². The summed E-state index contributed by atoms with van der Waals surface area (Å²) in [6, 6.07) is 8.50. The third kappa shape index (κ3) is 4.64. The molecule has 1 unspecified atom stereocenters. The van der Waals surface area contributed by atoms with Crippen molar-refractivity contribution in [3.05, 3.63) is 35.4 Å². The van der Waals surface area contributed by atoms with Gasteiger partial charge in [0.1, 0.15) is 0 Å². The number of amides is 1. The SMILES string of the molecule is CCCC(CN)C(=O)N(C)Cc1ccc(C(C)C)cc1. The van der Waals surface area contributed by atoms with Gasteiger partial charge in [0.25, 0.3) is 0 Å². The number of carbonyl (C=O) groups excluding carboxylic acids is 1. The van der Waals surface area contributed by atoms with Crippen LogP contribution < -0.4 is 5.73 Å². The Balaban J connectivity index is 2.65. The van der Waals surface area contributed by atoms with Gasteiger partial charge in [-0.05, 0) is 23.5 Å². The van der Waals surface area contributed by atoms with Gasteiger partial charge in [-0.3, -0.25) is 4.79 Å². The molecule has 0 bridgehead atoms. The summed E-state index contributed by atoms with van der Waals surface area (Å²) in [5.74, 6) is 0.650.